The van der Waals surface area contributed by atoms with Crippen molar-refractivity contribution in [2.75, 3.05) is 31.3 Å². The molecule has 0 aromatic heterocycles. The number of hydrogen-bond acceptors (Lipinski definition) is 5. The summed E-state index contributed by atoms with van der Waals surface area (Å²) in [6.45, 7) is 6.22. The summed E-state index contributed by atoms with van der Waals surface area (Å²) < 4.78 is 73.3. The molecule has 0 saturated heterocycles. The lowest BCUT2D eigenvalue weighted by atomic mass is 9.79. The Morgan fingerprint density at radius 3 is 1.61 bits per heavy atom. The number of rotatable bonds is 15. The second-order valence-corrected chi connectivity index (χ2v) is 13.3. The van der Waals surface area contributed by atoms with Crippen molar-refractivity contribution >= 4 is 24.6 Å². The minimum Gasteiger partial charge on any atom is -0.370 e. The van der Waals surface area contributed by atoms with Crippen molar-refractivity contribution in [3.05, 3.63) is 107 Å². The monoisotopic (exact) mass is 669 g/mol. The molecule has 0 saturated carbocycles. The number of halogens is 4. The average Bonchev–Trinajstić information content (AvgIpc) is 3.01. The molecule has 1 aliphatic carbocycles. The molecular formula is C37H39F4NO2S2. The number of benzene rings is 4. The highest BCUT2D eigenvalue weighted by Gasteiger charge is 2.36. The zero-order chi connectivity index (χ0) is 32.6. The van der Waals surface area contributed by atoms with Crippen LogP contribution in [0, 0.1) is 29.2 Å². The Hall–Kier alpha value is -2.82. The smallest absolute Gasteiger partial charge is 0.126 e. The number of thiol groups is 1. The highest BCUT2D eigenvalue weighted by atomic mass is 32.2. The maximum Gasteiger partial charge on any atom is 0.126 e. The Labute approximate surface area is 278 Å². The predicted octanol–water partition coefficient (Wildman–Crippen LogP) is 10.4. The van der Waals surface area contributed by atoms with Crippen LogP contribution in [-0.4, -0.2) is 31.3 Å². The van der Waals surface area contributed by atoms with Crippen LogP contribution in [0.5, 0.6) is 0 Å². The number of nitrogens with one attached hydrogen (secondary N) is 1. The molecule has 0 radical (unpaired) electrons. The molecule has 0 heterocycles. The molecule has 0 amide bonds. The van der Waals surface area contributed by atoms with Gasteiger partial charge < -0.3 is 9.47 Å². The second-order valence-electron chi connectivity index (χ2n) is 11.9. The highest BCUT2D eigenvalue weighted by molar-refractivity contribution is 7.97. The summed E-state index contributed by atoms with van der Waals surface area (Å²) in [7, 11) is 0. The van der Waals surface area contributed by atoms with Crippen LogP contribution in [0.4, 0.5) is 17.6 Å². The zero-order valence-electron chi connectivity index (χ0n) is 26.0. The summed E-state index contributed by atoms with van der Waals surface area (Å²) in [6.07, 6.45) is 1.52. The topological polar surface area (TPSA) is 30.5 Å². The number of hydrogen-bond donors (Lipinski definition) is 2. The second kappa shape index (κ2) is 16.3. The minimum absolute atomic E-state index is 0.420. The van der Waals surface area contributed by atoms with Crippen molar-refractivity contribution < 1.29 is 27.0 Å². The van der Waals surface area contributed by atoms with Gasteiger partial charge in [-0.3, -0.25) is 4.72 Å². The summed E-state index contributed by atoms with van der Waals surface area (Å²) in [4.78, 5) is 0. The lowest BCUT2D eigenvalue weighted by molar-refractivity contribution is -0.0787. The van der Waals surface area contributed by atoms with E-state index in [1.54, 1.807) is 11.9 Å². The standard InChI is InChI=1S/C37H39F4NO2S2/c1-23(2)9-10-42-46-14-4-12-44-37-35-20-25(27-17-30(40)22-31(41)18-27)6-8-33(35)32-7-5-24(26-15-28(38)21-29(39)16-26)19-34(32)36(37)43-11-3-13-45/h5-8,15-23,36-37,42,45H,3-4,9-14H2,1-2H3. The van der Waals surface area contributed by atoms with E-state index >= 15 is 0 Å². The largest absolute Gasteiger partial charge is 0.370 e. The fourth-order valence-corrected chi connectivity index (χ4v) is 6.47. The third-order valence-corrected chi connectivity index (χ3v) is 9.10. The van der Waals surface area contributed by atoms with Crippen molar-refractivity contribution in [1.82, 2.24) is 4.72 Å². The molecule has 4 aromatic rings. The van der Waals surface area contributed by atoms with Gasteiger partial charge in [-0.05, 0) is 112 Å². The Kier molecular flexibility index (Phi) is 12.3. The van der Waals surface area contributed by atoms with Gasteiger partial charge in [0.15, 0.2) is 0 Å². The molecule has 3 nitrogen and oxygen atoms in total. The van der Waals surface area contributed by atoms with Crippen LogP contribution < -0.4 is 4.72 Å². The van der Waals surface area contributed by atoms with Gasteiger partial charge in [0.2, 0.25) is 0 Å². The summed E-state index contributed by atoms with van der Waals surface area (Å²) >= 11 is 6.03. The number of ether oxygens (including phenoxy) is 2. The first kappa shape index (κ1) is 34.5. The van der Waals surface area contributed by atoms with Crippen molar-refractivity contribution in [3.8, 4) is 33.4 Å². The van der Waals surface area contributed by atoms with Crippen LogP contribution in [0.3, 0.4) is 0 Å². The fraction of sp³-hybridized carbons (Fsp3) is 0.351. The molecule has 1 aliphatic rings. The van der Waals surface area contributed by atoms with E-state index in [0.29, 0.717) is 53.6 Å². The summed E-state index contributed by atoms with van der Waals surface area (Å²) in [5.74, 6) is -0.478. The first-order valence-corrected chi connectivity index (χ1v) is 17.2. The summed E-state index contributed by atoms with van der Waals surface area (Å²) in [6, 6.07) is 18.3. The SMILES string of the molecule is CC(C)CCNSCCCOC1c2cc(-c3cc(F)cc(F)c3)ccc2-c2ccc(-c3cc(F)cc(F)c3)cc2C1OCCCS. The molecule has 1 N–H and O–H groups in total. The average molecular weight is 670 g/mol. The van der Waals surface area contributed by atoms with E-state index in [9.17, 15) is 17.6 Å². The van der Waals surface area contributed by atoms with Gasteiger partial charge in [0.05, 0.1) is 0 Å². The first-order chi connectivity index (χ1) is 22.2. The minimum atomic E-state index is -0.654. The van der Waals surface area contributed by atoms with Crippen LogP contribution in [0.15, 0.2) is 72.8 Å². The van der Waals surface area contributed by atoms with Crippen LogP contribution in [0.25, 0.3) is 33.4 Å². The van der Waals surface area contributed by atoms with Gasteiger partial charge in [-0.1, -0.05) is 50.1 Å². The van der Waals surface area contributed by atoms with Gasteiger partial charge in [-0.15, -0.1) is 0 Å². The van der Waals surface area contributed by atoms with E-state index < -0.39 is 35.5 Å². The molecule has 0 spiro atoms. The maximum atomic E-state index is 14.2. The van der Waals surface area contributed by atoms with Crippen molar-refractivity contribution in [1.29, 1.82) is 0 Å². The molecule has 9 heteroatoms. The van der Waals surface area contributed by atoms with E-state index in [-0.39, 0.29) is 0 Å². The van der Waals surface area contributed by atoms with Gasteiger partial charge >= 0.3 is 0 Å². The van der Waals surface area contributed by atoms with E-state index in [1.165, 1.54) is 24.3 Å². The molecule has 244 valence electrons. The lowest BCUT2D eigenvalue weighted by Gasteiger charge is -2.36. The molecule has 0 bridgehead atoms. The predicted molar refractivity (Wildman–Crippen MR) is 183 cm³/mol. The molecule has 46 heavy (non-hydrogen) atoms. The van der Waals surface area contributed by atoms with Crippen LogP contribution in [-0.2, 0) is 9.47 Å². The molecule has 2 unspecified atom stereocenters. The third kappa shape index (κ3) is 8.75. The number of fused-ring (bicyclic) bond motifs is 3. The first-order valence-electron chi connectivity index (χ1n) is 15.6. The molecule has 5 rings (SSSR count). The Balaban J connectivity index is 1.52. The Morgan fingerprint density at radius 1 is 0.674 bits per heavy atom. The van der Waals surface area contributed by atoms with Crippen LogP contribution in [0.2, 0.25) is 0 Å². The van der Waals surface area contributed by atoms with Gasteiger partial charge in [-0.25, -0.2) is 17.6 Å². The van der Waals surface area contributed by atoms with Crippen LogP contribution in [0.1, 0.15) is 56.4 Å². The molecule has 0 aliphatic heterocycles. The lowest BCUT2D eigenvalue weighted by Crippen LogP contribution is -2.24. The summed E-state index contributed by atoms with van der Waals surface area (Å²) in [5.41, 5.74) is 5.63. The normalized spacial score (nSPS) is 15.7. The Morgan fingerprint density at radius 2 is 1.15 bits per heavy atom. The van der Waals surface area contributed by atoms with E-state index in [4.69, 9.17) is 9.47 Å². The molecule has 2 atom stereocenters. The molecule has 0 fully saturated rings. The van der Waals surface area contributed by atoms with Crippen molar-refractivity contribution in [2.24, 2.45) is 5.92 Å². The van der Waals surface area contributed by atoms with Gasteiger partial charge in [0.25, 0.3) is 0 Å². The Bertz CT molecular complexity index is 1590. The zero-order valence-corrected chi connectivity index (χ0v) is 27.7. The van der Waals surface area contributed by atoms with Gasteiger partial charge in [-0.2, -0.15) is 12.6 Å². The van der Waals surface area contributed by atoms with E-state index in [0.717, 1.165) is 59.5 Å². The fourth-order valence-electron chi connectivity index (χ4n) is 5.68. The van der Waals surface area contributed by atoms with Crippen molar-refractivity contribution in [2.45, 2.75) is 45.3 Å². The van der Waals surface area contributed by atoms with Gasteiger partial charge in [0.1, 0.15) is 35.5 Å². The molecule has 4 aromatic carbocycles. The van der Waals surface area contributed by atoms with Crippen molar-refractivity contribution in [3.63, 3.8) is 0 Å². The van der Waals surface area contributed by atoms with E-state index in [2.05, 4.69) is 31.2 Å². The summed E-state index contributed by atoms with van der Waals surface area (Å²) in [5, 5.41) is 0. The highest BCUT2D eigenvalue weighted by Crippen LogP contribution is 2.50. The van der Waals surface area contributed by atoms with Crippen LogP contribution >= 0.6 is 24.6 Å². The quantitative estimate of drug-likeness (QED) is 0.0571. The maximum absolute atomic E-state index is 14.2. The van der Waals surface area contributed by atoms with Gasteiger partial charge in [0, 0.05) is 37.6 Å². The molecular weight excluding hydrogens is 631 g/mol. The third-order valence-electron chi connectivity index (χ3n) is 7.89. The van der Waals surface area contributed by atoms with E-state index in [1.807, 2.05) is 36.4 Å².